The molecule has 4 nitrogen and oxygen atoms in total. The van der Waals surface area contributed by atoms with Crippen LogP contribution in [0.2, 0.25) is 0 Å². The fourth-order valence-electron chi connectivity index (χ4n) is 5.28. The van der Waals surface area contributed by atoms with Gasteiger partial charge in [0.1, 0.15) is 5.75 Å². The van der Waals surface area contributed by atoms with Crippen molar-refractivity contribution in [3.05, 3.63) is 29.8 Å². The van der Waals surface area contributed by atoms with Crippen LogP contribution in [0.1, 0.15) is 50.0 Å². The molecule has 0 aromatic heterocycles. The number of ether oxygens (including phenoxy) is 1. The van der Waals surface area contributed by atoms with Crippen LogP contribution in [0.5, 0.6) is 5.75 Å². The fraction of sp³-hybridized carbons (Fsp3) is 0.667. The first-order valence-electron chi connectivity index (χ1n) is 9.87. The molecule has 3 fully saturated rings. The van der Waals surface area contributed by atoms with E-state index in [4.69, 9.17) is 4.74 Å². The van der Waals surface area contributed by atoms with Gasteiger partial charge in [-0.05, 0) is 61.8 Å². The molecule has 3 aliphatic rings. The zero-order valence-electron chi connectivity index (χ0n) is 15.7. The number of piperidine rings is 1. The molecule has 2 atom stereocenters. The summed E-state index contributed by atoms with van der Waals surface area (Å²) in [7, 11) is 1.70. The number of likely N-dealkylation sites (tertiary alicyclic amines) is 1. The SMILES string of the molecule is COc1ccc(C2CCN(C(=O)[C@@]34CCCC[C@H]3CNC4)CC2)cc1.Cl. The van der Waals surface area contributed by atoms with Gasteiger partial charge in [0.2, 0.25) is 5.91 Å². The van der Waals surface area contributed by atoms with Gasteiger partial charge < -0.3 is 15.0 Å². The lowest BCUT2D eigenvalue weighted by Gasteiger charge is -2.43. The Bertz CT molecular complexity index is 613. The Hall–Kier alpha value is -1.26. The molecule has 0 bridgehead atoms. The third-order valence-corrected chi connectivity index (χ3v) is 6.83. The van der Waals surface area contributed by atoms with Gasteiger partial charge in [-0.1, -0.05) is 25.0 Å². The molecule has 1 amide bonds. The summed E-state index contributed by atoms with van der Waals surface area (Å²) in [5.74, 6) is 2.48. The van der Waals surface area contributed by atoms with Gasteiger partial charge in [0.15, 0.2) is 0 Å². The van der Waals surface area contributed by atoms with Crippen LogP contribution in [-0.4, -0.2) is 44.1 Å². The van der Waals surface area contributed by atoms with Gasteiger partial charge in [0.25, 0.3) is 0 Å². The van der Waals surface area contributed by atoms with Gasteiger partial charge in [0, 0.05) is 19.6 Å². The van der Waals surface area contributed by atoms with Gasteiger partial charge in [0.05, 0.1) is 12.5 Å². The van der Waals surface area contributed by atoms with Crippen LogP contribution in [0.4, 0.5) is 0 Å². The number of halogens is 1. The summed E-state index contributed by atoms with van der Waals surface area (Å²) in [4.78, 5) is 15.5. The largest absolute Gasteiger partial charge is 0.497 e. The van der Waals surface area contributed by atoms with Crippen molar-refractivity contribution in [3.63, 3.8) is 0 Å². The summed E-state index contributed by atoms with van der Waals surface area (Å²) in [6, 6.07) is 8.45. The second-order valence-electron chi connectivity index (χ2n) is 8.07. The summed E-state index contributed by atoms with van der Waals surface area (Å²) in [5.41, 5.74) is 1.29. The number of rotatable bonds is 3. The zero-order chi connectivity index (χ0) is 17.3. The second kappa shape index (κ2) is 8.18. The first-order chi connectivity index (χ1) is 12.2. The third-order valence-electron chi connectivity index (χ3n) is 6.83. The number of methoxy groups -OCH3 is 1. The average molecular weight is 379 g/mol. The van der Waals surface area contributed by atoms with E-state index in [-0.39, 0.29) is 17.8 Å². The zero-order valence-corrected chi connectivity index (χ0v) is 16.5. The number of hydrogen-bond acceptors (Lipinski definition) is 3. The smallest absolute Gasteiger partial charge is 0.230 e. The molecule has 1 aromatic carbocycles. The van der Waals surface area contributed by atoms with Gasteiger partial charge in [-0.25, -0.2) is 0 Å². The van der Waals surface area contributed by atoms with Crippen LogP contribution in [0.15, 0.2) is 24.3 Å². The molecule has 0 radical (unpaired) electrons. The van der Waals surface area contributed by atoms with Crippen LogP contribution >= 0.6 is 12.4 Å². The average Bonchev–Trinajstić information content (AvgIpc) is 3.13. The maximum absolute atomic E-state index is 13.4. The Morgan fingerprint density at radius 2 is 1.88 bits per heavy atom. The molecule has 144 valence electrons. The molecule has 2 aliphatic heterocycles. The molecule has 1 saturated carbocycles. The topological polar surface area (TPSA) is 41.6 Å². The van der Waals surface area contributed by atoms with Gasteiger partial charge in [-0.15, -0.1) is 12.4 Å². The van der Waals surface area contributed by atoms with Crippen molar-refractivity contribution < 1.29 is 9.53 Å². The molecule has 2 heterocycles. The first kappa shape index (κ1) is 19.5. The Morgan fingerprint density at radius 1 is 1.15 bits per heavy atom. The van der Waals surface area contributed by atoms with Crippen molar-refractivity contribution in [1.29, 1.82) is 0 Å². The quantitative estimate of drug-likeness (QED) is 0.873. The number of amides is 1. The Balaban J connectivity index is 0.00000196. The van der Waals surface area contributed by atoms with Crippen LogP contribution in [0.3, 0.4) is 0 Å². The number of benzene rings is 1. The van der Waals surface area contributed by atoms with Crippen LogP contribution in [-0.2, 0) is 4.79 Å². The third kappa shape index (κ3) is 3.46. The summed E-state index contributed by atoms with van der Waals surface area (Å²) in [5, 5.41) is 3.51. The molecule has 5 heteroatoms. The first-order valence-corrected chi connectivity index (χ1v) is 9.87. The number of carbonyl (C=O) groups is 1. The highest BCUT2D eigenvalue weighted by Crippen LogP contribution is 2.45. The maximum atomic E-state index is 13.4. The predicted molar refractivity (Wildman–Crippen MR) is 106 cm³/mol. The van der Waals surface area contributed by atoms with Crippen molar-refractivity contribution in [2.75, 3.05) is 33.3 Å². The Kier molecular flexibility index (Phi) is 6.13. The van der Waals surface area contributed by atoms with E-state index in [1.165, 1.54) is 24.8 Å². The molecule has 0 unspecified atom stereocenters. The van der Waals surface area contributed by atoms with Crippen LogP contribution in [0.25, 0.3) is 0 Å². The van der Waals surface area contributed by atoms with Gasteiger partial charge in [-0.3, -0.25) is 4.79 Å². The minimum Gasteiger partial charge on any atom is -0.497 e. The highest BCUT2D eigenvalue weighted by molar-refractivity contribution is 5.85. The lowest BCUT2D eigenvalue weighted by atomic mass is 9.67. The molecule has 4 rings (SSSR count). The van der Waals surface area contributed by atoms with E-state index >= 15 is 0 Å². The molecule has 1 N–H and O–H groups in total. The predicted octanol–water partition coefficient (Wildman–Crippen LogP) is 3.60. The highest BCUT2D eigenvalue weighted by Gasteiger charge is 2.51. The number of nitrogens with zero attached hydrogens (tertiary/aromatic N) is 1. The minimum atomic E-state index is -0.0921. The number of carbonyl (C=O) groups excluding carboxylic acids is 1. The monoisotopic (exact) mass is 378 g/mol. The Labute approximate surface area is 163 Å². The molecule has 2 saturated heterocycles. The normalized spacial score (nSPS) is 29.0. The summed E-state index contributed by atoms with van der Waals surface area (Å²) in [6.45, 7) is 3.75. The van der Waals surface area contributed by atoms with E-state index in [1.54, 1.807) is 7.11 Å². The number of fused-ring (bicyclic) bond motifs is 1. The number of nitrogens with one attached hydrogen (secondary N) is 1. The molecule has 0 spiro atoms. The van der Waals surface area contributed by atoms with Crippen molar-refractivity contribution in [1.82, 2.24) is 10.2 Å². The molecule has 1 aliphatic carbocycles. The van der Waals surface area contributed by atoms with Crippen molar-refractivity contribution in [2.45, 2.75) is 44.4 Å². The van der Waals surface area contributed by atoms with E-state index in [2.05, 4.69) is 22.3 Å². The minimum absolute atomic E-state index is 0. The molecule has 26 heavy (non-hydrogen) atoms. The van der Waals surface area contributed by atoms with E-state index in [0.29, 0.717) is 17.7 Å². The van der Waals surface area contributed by atoms with E-state index in [0.717, 1.165) is 51.2 Å². The van der Waals surface area contributed by atoms with Crippen LogP contribution < -0.4 is 10.1 Å². The maximum Gasteiger partial charge on any atom is 0.230 e. The van der Waals surface area contributed by atoms with Crippen molar-refractivity contribution in [3.8, 4) is 5.75 Å². The lowest BCUT2D eigenvalue weighted by Crippen LogP contribution is -2.51. The molecular formula is C21H31ClN2O2. The van der Waals surface area contributed by atoms with E-state index < -0.39 is 0 Å². The summed E-state index contributed by atoms with van der Waals surface area (Å²) >= 11 is 0. The van der Waals surface area contributed by atoms with Crippen molar-refractivity contribution in [2.24, 2.45) is 11.3 Å². The number of hydrogen-bond donors (Lipinski definition) is 1. The second-order valence-corrected chi connectivity index (χ2v) is 8.07. The molecule has 1 aromatic rings. The van der Waals surface area contributed by atoms with E-state index in [1.807, 2.05) is 12.1 Å². The van der Waals surface area contributed by atoms with Crippen molar-refractivity contribution >= 4 is 18.3 Å². The highest BCUT2D eigenvalue weighted by atomic mass is 35.5. The Morgan fingerprint density at radius 3 is 2.58 bits per heavy atom. The fourth-order valence-corrected chi connectivity index (χ4v) is 5.28. The van der Waals surface area contributed by atoms with E-state index in [9.17, 15) is 4.79 Å². The van der Waals surface area contributed by atoms with Crippen LogP contribution in [0, 0.1) is 11.3 Å². The van der Waals surface area contributed by atoms with Gasteiger partial charge in [-0.2, -0.15) is 0 Å². The van der Waals surface area contributed by atoms with Gasteiger partial charge >= 0.3 is 0 Å². The standard InChI is InChI=1S/C21H30N2O2.ClH/c1-25-19-7-5-16(6-8-19)17-9-12-23(13-10-17)20(24)21-11-3-2-4-18(21)14-22-15-21;/h5-8,17-18,22H,2-4,9-15H2,1H3;1H/t18-,21+;/m0./s1. The summed E-state index contributed by atoms with van der Waals surface area (Å²) < 4.78 is 5.25. The lowest BCUT2D eigenvalue weighted by molar-refractivity contribution is -0.146. The molecular weight excluding hydrogens is 348 g/mol. The summed E-state index contributed by atoms with van der Waals surface area (Å²) in [6.07, 6.45) is 6.97.